The van der Waals surface area contributed by atoms with Crippen LogP contribution in [0.2, 0.25) is 10.0 Å². The third kappa shape index (κ3) is 5.53. The van der Waals surface area contributed by atoms with E-state index < -0.39 is 17.1 Å². The second-order valence-corrected chi connectivity index (χ2v) is 9.47. The Balaban J connectivity index is 1.62. The van der Waals surface area contributed by atoms with Crippen LogP contribution in [0.5, 0.6) is 11.5 Å². The number of aryl methyl sites for hydroxylation is 1. The number of hydrogen-bond donors (Lipinski definition) is 0. The molecule has 0 unspecified atom stereocenters. The topological polar surface area (TPSA) is 72.9 Å². The number of amides is 2. The number of esters is 1. The zero-order valence-corrected chi connectivity index (χ0v) is 21.0. The second kappa shape index (κ2) is 10.6. The van der Waals surface area contributed by atoms with E-state index >= 15 is 0 Å². The van der Waals surface area contributed by atoms with E-state index in [0.717, 1.165) is 22.2 Å². The normalized spacial score (nSPS) is 14.5. The van der Waals surface area contributed by atoms with Gasteiger partial charge >= 0.3 is 5.97 Å². The van der Waals surface area contributed by atoms with Crippen LogP contribution in [-0.4, -0.2) is 29.1 Å². The highest BCUT2D eigenvalue weighted by Gasteiger charge is 2.35. The molecule has 6 nitrogen and oxygen atoms in total. The van der Waals surface area contributed by atoms with E-state index in [2.05, 4.69) is 0 Å². The zero-order chi connectivity index (χ0) is 25.1. The van der Waals surface area contributed by atoms with Gasteiger partial charge in [-0.15, -0.1) is 0 Å². The summed E-state index contributed by atoms with van der Waals surface area (Å²) in [5.74, 6) is -0.598. The predicted molar refractivity (Wildman–Crippen MR) is 137 cm³/mol. The van der Waals surface area contributed by atoms with Gasteiger partial charge in [0.15, 0.2) is 11.5 Å². The van der Waals surface area contributed by atoms with Crippen LogP contribution in [0.4, 0.5) is 4.79 Å². The average Bonchev–Trinajstić information content (AvgIpc) is 3.09. The number of halogens is 2. The summed E-state index contributed by atoms with van der Waals surface area (Å²) in [4.78, 5) is 39.7. The summed E-state index contributed by atoms with van der Waals surface area (Å²) >= 11 is 12.9. The number of ether oxygens (including phenoxy) is 2. The van der Waals surface area contributed by atoms with Crippen molar-refractivity contribution < 1.29 is 23.9 Å². The molecule has 9 heteroatoms. The lowest BCUT2D eigenvalue weighted by molar-refractivity contribution is -0.123. The van der Waals surface area contributed by atoms with Crippen LogP contribution in [0.3, 0.4) is 0 Å². The number of carbonyl (C=O) groups is 3. The molecule has 35 heavy (non-hydrogen) atoms. The Labute approximate surface area is 216 Å². The Hall–Kier alpha value is -3.26. The molecule has 0 bridgehead atoms. The van der Waals surface area contributed by atoms with Crippen LogP contribution in [0.15, 0.2) is 65.6 Å². The maximum absolute atomic E-state index is 13.1. The summed E-state index contributed by atoms with van der Waals surface area (Å²) < 4.78 is 11.0. The first-order chi connectivity index (χ1) is 16.8. The monoisotopic (exact) mass is 527 g/mol. The van der Waals surface area contributed by atoms with Gasteiger partial charge in [-0.05, 0) is 60.7 Å². The summed E-state index contributed by atoms with van der Waals surface area (Å²) in [5, 5.41) is 0.380. The molecule has 2 amide bonds. The Morgan fingerprint density at radius 1 is 1.06 bits per heavy atom. The first-order valence-electron chi connectivity index (χ1n) is 10.4. The first kappa shape index (κ1) is 24.9. The van der Waals surface area contributed by atoms with Gasteiger partial charge in [0.2, 0.25) is 0 Å². The fraction of sp³-hybridized carbons (Fsp3) is 0.115. The molecule has 3 aromatic rings. The van der Waals surface area contributed by atoms with Crippen LogP contribution in [0.1, 0.15) is 27.0 Å². The number of para-hydroxylation sites is 1. The van der Waals surface area contributed by atoms with Gasteiger partial charge in [-0.25, -0.2) is 4.79 Å². The highest BCUT2D eigenvalue weighted by atomic mass is 35.5. The minimum atomic E-state index is -0.574. The average molecular weight is 528 g/mol. The third-order valence-electron chi connectivity index (χ3n) is 5.22. The van der Waals surface area contributed by atoms with Gasteiger partial charge in [0.25, 0.3) is 11.1 Å². The number of benzene rings is 3. The van der Waals surface area contributed by atoms with E-state index in [1.807, 2.05) is 19.1 Å². The zero-order valence-electron chi connectivity index (χ0n) is 18.7. The van der Waals surface area contributed by atoms with Crippen molar-refractivity contribution in [3.05, 3.63) is 97.9 Å². The van der Waals surface area contributed by atoms with Crippen molar-refractivity contribution in [1.29, 1.82) is 0 Å². The SMILES string of the molecule is COc1cccc(/C=C2\SC(=O)N(Cc3ccc(Cl)cc3Cl)C2=O)c1OC(=O)c1ccc(C)cc1. The molecule has 0 radical (unpaired) electrons. The van der Waals surface area contributed by atoms with Gasteiger partial charge in [0, 0.05) is 15.6 Å². The third-order valence-corrected chi connectivity index (χ3v) is 6.71. The number of carbonyl (C=O) groups excluding carboxylic acids is 3. The van der Waals surface area contributed by atoms with E-state index in [-0.39, 0.29) is 17.2 Å². The van der Waals surface area contributed by atoms with Crippen molar-refractivity contribution in [3.63, 3.8) is 0 Å². The summed E-state index contributed by atoms with van der Waals surface area (Å²) in [6, 6.07) is 16.8. The van der Waals surface area contributed by atoms with Gasteiger partial charge in [0.05, 0.1) is 24.1 Å². The smallest absolute Gasteiger partial charge is 0.343 e. The number of methoxy groups -OCH3 is 1. The molecule has 1 fully saturated rings. The molecule has 0 N–H and O–H groups in total. The summed E-state index contributed by atoms with van der Waals surface area (Å²) in [6.45, 7) is 1.92. The van der Waals surface area contributed by atoms with Crippen molar-refractivity contribution in [2.24, 2.45) is 0 Å². The molecular formula is C26H19Cl2NO5S. The molecule has 3 aromatic carbocycles. The van der Waals surface area contributed by atoms with Gasteiger partial charge < -0.3 is 9.47 Å². The van der Waals surface area contributed by atoms with E-state index in [1.54, 1.807) is 48.5 Å². The number of rotatable bonds is 6. The largest absolute Gasteiger partial charge is 0.493 e. The molecular weight excluding hydrogens is 509 g/mol. The molecule has 0 aliphatic carbocycles. The van der Waals surface area contributed by atoms with Crippen molar-refractivity contribution in [2.75, 3.05) is 7.11 Å². The van der Waals surface area contributed by atoms with Crippen LogP contribution in [0, 0.1) is 6.92 Å². The summed E-state index contributed by atoms with van der Waals surface area (Å²) in [5.41, 5.74) is 2.39. The van der Waals surface area contributed by atoms with Gasteiger partial charge in [-0.2, -0.15) is 0 Å². The van der Waals surface area contributed by atoms with E-state index in [9.17, 15) is 14.4 Å². The molecule has 1 heterocycles. The van der Waals surface area contributed by atoms with Crippen molar-refractivity contribution >= 4 is 58.2 Å². The lowest BCUT2D eigenvalue weighted by Crippen LogP contribution is -2.27. The lowest BCUT2D eigenvalue weighted by atomic mass is 10.1. The fourth-order valence-corrected chi connectivity index (χ4v) is 4.65. The van der Waals surface area contributed by atoms with Gasteiger partial charge in [0.1, 0.15) is 0 Å². The van der Waals surface area contributed by atoms with Gasteiger partial charge in [-0.3, -0.25) is 14.5 Å². The number of imide groups is 1. The molecule has 0 saturated carbocycles. The minimum absolute atomic E-state index is 0.00534. The molecule has 0 atom stereocenters. The Bertz CT molecular complexity index is 1350. The Kier molecular flexibility index (Phi) is 7.50. The second-order valence-electron chi connectivity index (χ2n) is 7.64. The van der Waals surface area contributed by atoms with Crippen molar-refractivity contribution in [2.45, 2.75) is 13.5 Å². The molecule has 1 aliphatic rings. The fourth-order valence-electron chi connectivity index (χ4n) is 3.36. The van der Waals surface area contributed by atoms with Crippen molar-refractivity contribution in [1.82, 2.24) is 4.90 Å². The minimum Gasteiger partial charge on any atom is -0.493 e. The predicted octanol–water partition coefficient (Wildman–Crippen LogP) is 6.77. The molecule has 178 valence electrons. The highest BCUT2D eigenvalue weighted by Crippen LogP contribution is 2.38. The first-order valence-corrected chi connectivity index (χ1v) is 12.0. The van der Waals surface area contributed by atoms with Crippen LogP contribution in [0.25, 0.3) is 6.08 Å². The quantitative estimate of drug-likeness (QED) is 0.200. The number of thioether (sulfide) groups is 1. The molecule has 1 aliphatic heterocycles. The molecule has 1 saturated heterocycles. The van der Waals surface area contributed by atoms with Crippen molar-refractivity contribution in [3.8, 4) is 11.5 Å². The van der Waals surface area contributed by atoms with Gasteiger partial charge in [-0.1, -0.05) is 59.1 Å². The summed E-state index contributed by atoms with van der Waals surface area (Å²) in [6.07, 6.45) is 1.51. The van der Waals surface area contributed by atoms with E-state index in [0.29, 0.717) is 32.5 Å². The highest BCUT2D eigenvalue weighted by molar-refractivity contribution is 8.18. The molecule has 0 spiro atoms. The van der Waals surface area contributed by atoms with Crippen LogP contribution >= 0.6 is 35.0 Å². The number of hydrogen-bond acceptors (Lipinski definition) is 6. The van der Waals surface area contributed by atoms with E-state index in [4.69, 9.17) is 32.7 Å². The molecule has 4 rings (SSSR count). The lowest BCUT2D eigenvalue weighted by Gasteiger charge is -2.14. The number of nitrogens with zero attached hydrogens (tertiary/aromatic N) is 1. The van der Waals surface area contributed by atoms with Crippen LogP contribution < -0.4 is 9.47 Å². The maximum atomic E-state index is 13.1. The van der Waals surface area contributed by atoms with Crippen LogP contribution in [-0.2, 0) is 11.3 Å². The summed E-state index contributed by atoms with van der Waals surface area (Å²) in [7, 11) is 1.45. The maximum Gasteiger partial charge on any atom is 0.343 e. The Morgan fingerprint density at radius 2 is 1.80 bits per heavy atom. The Morgan fingerprint density at radius 3 is 2.49 bits per heavy atom. The molecule has 0 aromatic heterocycles. The van der Waals surface area contributed by atoms with E-state index in [1.165, 1.54) is 13.2 Å². The standard InChI is InChI=1S/C26H19Cl2NO5S/c1-15-6-8-16(9-7-15)25(31)34-23-17(4-3-5-21(23)33-2)12-22-24(30)29(26(32)35-22)14-18-10-11-19(27)13-20(18)28/h3-13H,14H2,1-2H3/b22-12-.